The average Bonchev–Trinajstić information content (AvgIpc) is 2.84. The summed E-state index contributed by atoms with van der Waals surface area (Å²) in [6.45, 7) is 4.20. The summed E-state index contributed by atoms with van der Waals surface area (Å²) in [5, 5.41) is 8.62. The molecule has 0 aromatic heterocycles. The van der Waals surface area contributed by atoms with Gasteiger partial charge in [0.05, 0.1) is 6.61 Å². The smallest absolute Gasteiger partial charge is 0.367 e. The first-order valence-electron chi connectivity index (χ1n) is 6.30. The number of carbonyl (C=O) groups is 3. The fraction of sp³-hybridized carbons (Fsp3) is 0.750. The lowest BCUT2D eigenvalue weighted by Gasteiger charge is -2.24. The van der Waals surface area contributed by atoms with Gasteiger partial charge in [-0.25, -0.2) is 9.59 Å². The van der Waals surface area contributed by atoms with Crippen molar-refractivity contribution in [3.8, 4) is 0 Å². The fourth-order valence-corrected chi connectivity index (χ4v) is 2.72. The molecular formula is C12H19NO5S. The molecule has 7 heteroatoms. The molecule has 1 aliphatic rings. The maximum Gasteiger partial charge on any atom is 0.367 e. The van der Waals surface area contributed by atoms with Gasteiger partial charge in [-0.1, -0.05) is 6.92 Å². The first-order chi connectivity index (χ1) is 8.97. The van der Waals surface area contributed by atoms with Crippen LogP contribution in [0, 0.1) is 5.92 Å². The number of rotatable bonds is 5. The summed E-state index contributed by atoms with van der Waals surface area (Å²) in [7, 11) is 0. The third-order valence-electron chi connectivity index (χ3n) is 2.96. The molecule has 6 nitrogen and oxygen atoms in total. The maximum atomic E-state index is 12.1. The number of ether oxygens (including phenoxy) is 1. The van der Waals surface area contributed by atoms with Gasteiger partial charge in [0.15, 0.2) is 0 Å². The Morgan fingerprint density at radius 3 is 2.74 bits per heavy atom. The molecule has 0 spiro atoms. The van der Waals surface area contributed by atoms with Crippen LogP contribution in [0.25, 0.3) is 0 Å². The molecule has 0 aromatic rings. The Morgan fingerprint density at radius 2 is 2.16 bits per heavy atom. The van der Waals surface area contributed by atoms with E-state index in [1.54, 1.807) is 13.8 Å². The minimum atomic E-state index is -0.962. The molecule has 1 heterocycles. The van der Waals surface area contributed by atoms with Crippen molar-refractivity contribution in [2.75, 3.05) is 18.9 Å². The molecule has 2 atom stereocenters. The lowest BCUT2D eigenvalue weighted by Crippen LogP contribution is -2.43. The summed E-state index contributed by atoms with van der Waals surface area (Å²) in [5.41, 5.74) is 0. The van der Waals surface area contributed by atoms with E-state index in [9.17, 15) is 14.4 Å². The van der Waals surface area contributed by atoms with Crippen LogP contribution in [-0.2, 0) is 14.3 Å². The van der Waals surface area contributed by atoms with Crippen LogP contribution in [0.2, 0.25) is 0 Å². The van der Waals surface area contributed by atoms with Crippen LogP contribution < -0.4 is 0 Å². The molecule has 0 aromatic carbocycles. The van der Waals surface area contributed by atoms with E-state index >= 15 is 0 Å². The molecule has 0 aliphatic carbocycles. The number of thioether (sulfide) groups is 1. The average molecular weight is 289 g/mol. The molecule has 19 heavy (non-hydrogen) atoms. The second-order valence-electron chi connectivity index (χ2n) is 4.42. The van der Waals surface area contributed by atoms with Crippen molar-refractivity contribution in [3.63, 3.8) is 0 Å². The second-order valence-corrected chi connectivity index (χ2v) is 5.38. The first-order valence-corrected chi connectivity index (χ1v) is 7.28. The van der Waals surface area contributed by atoms with Gasteiger partial charge in [0, 0.05) is 18.2 Å². The number of likely N-dealkylation sites (tertiary alicyclic amines) is 1. The van der Waals surface area contributed by atoms with Crippen molar-refractivity contribution in [1.29, 1.82) is 0 Å². The standard InChI is InChI=1S/C12H19NO5S/c1-3-18-12(17)19-7-8(2)10(14)13-6-4-5-9(13)11(15)16/h8-9H,3-7H2,1-2H3,(H,15,16)/t8?,9-/m0/s1. The van der Waals surface area contributed by atoms with Crippen molar-refractivity contribution in [2.45, 2.75) is 32.7 Å². The van der Waals surface area contributed by atoms with Crippen molar-refractivity contribution in [3.05, 3.63) is 0 Å². The Bertz CT molecular complexity index is 360. The van der Waals surface area contributed by atoms with E-state index < -0.39 is 23.2 Å². The van der Waals surface area contributed by atoms with Gasteiger partial charge >= 0.3 is 11.3 Å². The van der Waals surface area contributed by atoms with Crippen LogP contribution in [0.1, 0.15) is 26.7 Å². The highest BCUT2D eigenvalue weighted by Gasteiger charge is 2.35. The normalized spacial score (nSPS) is 20.1. The SMILES string of the molecule is CCOC(=O)SCC(C)C(=O)N1CCC[C@H]1C(=O)O. The van der Waals surface area contributed by atoms with Gasteiger partial charge in [-0.15, -0.1) is 0 Å². The number of nitrogens with zero attached hydrogens (tertiary/aromatic N) is 1. The van der Waals surface area contributed by atoms with Gasteiger partial charge in [-0.05, 0) is 31.5 Å². The first kappa shape index (κ1) is 15.8. The van der Waals surface area contributed by atoms with Gasteiger partial charge in [0.25, 0.3) is 0 Å². The fourth-order valence-electron chi connectivity index (χ4n) is 1.99. The molecule has 1 aliphatic heterocycles. The molecular weight excluding hydrogens is 270 g/mol. The topological polar surface area (TPSA) is 83.9 Å². The van der Waals surface area contributed by atoms with E-state index in [-0.39, 0.29) is 5.91 Å². The zero-order chi connectivity index (χ0) is 14.4. The number of carbonyl (C=O) groups excluding carboxylic acids is 2. The molecule has 1 rings (SSSR count). The lowest BCUT2D eigenvalue weighted by molar-refractivity contribution is -0.149. The highest BCUT2D eigenvalue weighted by atomic mass is 32.2. The van der Waals surface area contributed by atoms with Crippen LogP contribution in [0.3, 0.4) is 0 Å². The lowest BCUT2D eigenvalue weighted by atomic mass is 10.1. The third-order valence-corrected chi connectivity index (χ3v) is 3.98. The number of carboxylic acids is 1. The Kier molecular flexibility index (Phi) is 6.14. The van der Waals surface area contributed by atoms with E-state index in [2.05, 4.69) is 0 Å². The van der Waals surface area contributed by atoms with Crippen molar-refractivity contribution >= 4 is 28.9 Å². The Morgan fingerprint density at radius 1 is 1.47 bits per heavy atom. The second kappa shape index (κ2) is 7.37. The quantitative estimate of drug-likeness (QED) is 0.774. The van der Waals surface area contributed by atoms with Gasteiger partial charge < -0.3 is 14.7 Å². The molecule has 1 fully saturated rings. The van der Waals surface area contributed by atoms with Gasteiger partial charge in [-0.3, -0.25) is 4.79 Å². The maximum absolute atomic E-state index is 12.1. The van der Waals surface area contributed by atoms with Crippen LogP contribution in [0.15, 0.2) is 0 Å². The number of hydrogen-bond donors (Lipinski definition) is 1. The van der Waals surface area contributed by atoms with Crippen LogP contribution >= 0.6 is 11.8 Å². The number of hydrogen-bond acceptors (Lipinski definition) is 5. The van der Waals surface area contributed by atoms with Crippen LogP contribution in [0.5, 0.6) is 0 Å². The third kappa shape index (κ3) is 4.41. The van der Waals surface area contributed by atoms with E-state index in [0.29, 0.717) is 31.7 Å². The molecule has 1 amide bonds. The van der Waals surface area contributed by atoms with E-state index in [1.807, 2.05) is 0 Å². The summed E-state index contributed by atoms with van der Waals surface area (Å²) in [6, 6.07) is -0.720. The highest BCUT2D eigenvalue weighted by Crippen LogP contribution is 2.22. The summed E-state index contributed by atoms with van der Waals surface area (Å²) >= 11 is 0.950. The van der Waals surface area contributed by atoms with Crippen molar-refractivity contribution < 1.29 is 24.2 Å². The zero-order valence-electron chi connectivity index (χ0n) is 11.1. The Labute approximate surface area is 116 Å². The summed E-state index contributed by atoms with van der Waals surface area (Å²) in [6.07, 6.45) is 1.21. The zero-order valence-corrected chi connectivity index (χ0v) is 11.9. The van der Waals surface area contributed by atoms with E-state index in [4.69, 9.17) is 9.84 Å². The number of carboxylic acid groups (broad SMARTS) is 1. The summed E-state index contributed by atoms with van der Waals surface area (Å²) in [4.78, 5) is 35.7. The highest BCUT2D eigenvalue weighted by molar-refractivity contribution is 8.13. The summed E-state index contributed by atoms with van der Waals surface area (Å²) < 4.78 is 4.76. The van der Waals surface area contributed by atoms with Crippen molar-refractivity contribution in [2.24, 2.45) is 5.92 Å². The van der Waals surface area contributed by atoms with Crippen LogP contribution in [0.4, 0.5) is 4.79 Å². The predicted molar refractivity (Wildman–Crippen MR) is 71.0 cm³/mol. The Hall–Kier alpha value is -1.24. The number of amides is 1. The van der Waals surface area contributed by atoms with Gasteiger partial charge in [-0.2, -0.15) is 0 Å². The summed E-state index contributed by atoms with van der Waals surface area (Å²) in [5.74, 6) is -1.26. The molecule has 1 N–H and O–H groups in total. The van der Waals surface area contributed by atoms with Gasteiger partial charge in [0.1, 0.15) is 6.04 Å². The largest absolute Gasteiger partial charge is 0.480 e. The minimum absolute atomic E-state index is 0.207. The molecule has 0 saturated carbocycles. The molecule has 1 saturated heterocycles. The molecule has 0 bridgehead atoms. The van der Waals surface area contributed by atoms with Crippen LogP contribution in [-0.4, -0.2) is 52.1 Å². The van der Waals surface area contributed by atoms with E-state index in [1.165, 1.54) is 4.90 Å². The monoisotopic (exact) mass is 289 g/mol. The molecule has 0 radical (unpaired) electrons. The Balaban J connectivity index is 2.47. The molecule has 1 unspecified atom stereocenters. The van der Waals surface area contributed by atoms with Crippen molar-refractivity contribution in [1.82, 2.24) is 4.90 Å². The minimum Gasteiger partial charge on any atom is -0.480 e. The molecule has 108 valence electrons. The predicted octanol–water partition coefficient (Wildman–Crippen LogP) is 1.59. The van der Waals surface area contributed by atoms with E-state index in [0.717, 1.165) is 11.8 Å². The van der Waals surface area contributed by atoms with Gasteiger partial charge in [0.2, 0.25) is 5.91 Å². The number of aliphatic carboxylic acids is 1.